The summed E-state index contributed by atoms with van der Waals surface area (Å²) in [7, 11) is 1.74. The molecule has 0 radical (unpaired) electrons. The third-order valence-electron chi connectivity index (χ3n) is 2.80. The van der Waals surface area contributed by atoms with E-state index in [1.807, 2.05) is 19.9 Å². The van der Waals surface area contributed by atoms with E-state index in [-0.39, 0.29) is 5.92 Å². The second kappa shape index (κ2) is 3.75. The van der Waals surface area contributed by atoms with E-state index >= 15 is 0 Å². The molecule has 0 unspecified atom stereocenters. The molecular formula is C12H13F3N2. The van der Waals surface area contributed by atoms with E-state index in [1.165, 1.54) is 6.07 Å². The van der Waals surface area contributed by atoms with Crippen molar-refractivity contribution >= 4 is 11.0 Å². The fraction of sp³-hybridized carbons (Fsp3) is 0.417. The van der Waals surface area contributed by atoms with Crippen LogP contribution in [0.15, 0.2) is 18.2 Å². The van der Waals surface area contributed by atoms with Crippen molar-refractivity contribution in [3.63, 3.8) is 0 Å². The number of hydrogen-bond acceptors (Lipinski definition) is 1. The Balaban J connectivity index is 2.66. The van der Waals surface area contributed by atoms with Gasteiger partial charge in [0.1, 0.15) is 11.3 Å². The summed E-state index contributed by atoms with van der Waals surface area (Å²) in [6.07, 6.45) is -4.39. The number of pyridine rings is 1. The van der Waals surface area contributed by atoms with Crippen LogP contribution in [0, 0.1) is 0 Å². The average molecular weight is 242 g/mol. The lowest BCUT2D eigenvalue weighted by Crippen LogP contribution is -2.08. The van der Waals surface area contributed by atoms with Crippen molar-refractivity contribution in [3.8, 4) is 0 Å². The number of nitrogens with zero attached hydrogens (tertiary/aromatic N) is 2. The van der Waals surface area contributed by atoms with Crippen LogP contribution in [0.25, 0.3) is 11.0 Å². The number of rotatable bonds is 1. The molecule has 92 valence electrons. The highest BCUT2D eigenvalue weighted by Crippen LogP contribution is 2.30. The molecule has 5 heteroatoms. The summed E-state index contributed by atoms with van der Waals surface area (Å²) in [4.78, 5) is 3.69. The lowest BCUT2D eigenvalue weighted by atomic mass is 10.1. The van der Waals surface area contributed by atoms with Gasteiger partial charge in [-0.25, -0.2) is 4.98 Å². The summed E-state index contributed by atoms with van der Waals surface area (Å²) in [6, 6.07) is 4.37. The van der Waals surface area contributed by atoms with E-state index < -0.39 is 11.9 Å². The molecular weight excluding hydrogens is 229 g/mol. The SMILES string of the molecule is CC(C)c1cc2ccc(C(F)(F)F)nc2n1C. The second-order valence-electron chi connectivity index (χ2n) is 4.39. The molecule has 17 heavy (non-hydrogen) atoms. The molecule has 0 saturated heterocycles. The minimum absolute atomic E-state index is 0.253. The van der Waals surface area contributed by atoms with Gasteiger partial charge < -0.3 is 4.57 Å². The van der Waals surface area contributed by atoms with Crippen molar-refractivity contribution in [1.29, 1.82) is 0 Å². The van der Waals surface area contributed by atoms with Gasteiger partial charge in [-0.1, -0.05) is 13.8 Å². The molecule has 2 aromatic rings. The number of fused-ring (bicyclic) bond motifs is 1. The molecule has 2 heterocycles. The molecule has 0 aliphatic carbocycles. The smallest absolute Gasteiger partial charge is 0.332 e. The van der Waals surface area contributed by atoms with Crippen molar-refractivity contribution in [3.05, 3.63) is 29.6 Å². The Kier molecular flexibility index (Phi) is 2.64. The monoisotopic (exact) mass is 242 g/mol. The normalized spacial score (nSPS) is 12.6. The molecule has 2 rings (SSSR count). The first-order chi connectivity index (χ1) is 7.80. The Morgan fingerprint density at radius 3 is 2.41 bits per heavy atom. The second-order valence-corrected chi connectivity index (χ2v) is 4.39. The number of hydrogen-bond donors (Lipinski definition) is 0. The Bertz CT molecular complexity index is 553. The molecule has 0 fully saturated rings. The lowest BCUT2D eigenvalue weighted by molar-refractivity contribution is -0.141. The summed E-state index contributed by atoms with van der Waals surface area (Å²) in [5, 5.41) is 0.740. The van der Waals surface area contributed by atoms with Gasteiger partial charge in [0.15, 0.2) is 0 Å². The molecule has 0 N–H and O–H groups in total. The summed E-state index contributed by atoms with van der Waals surface area (Å²) in [6.45, 7) is 4.00. The van der Waals surface area contributed by atoms with Gasteiger partial charge in [0.25, 0.3) is 0 Å². The van der Waals surface area contributed by atoms with Crippen LogP contribution in [0.5, 0.6) is 0 Å². The molecule has 0 saturated carbocycles. The molecule has 0 aliphatic heterocycles. The first-order valence-electron chi connectivity index (χ1n) is 5.34. The Hall–Kier alpha value is -1.52. The maximum absolute atomic E-state index is 12.5. The van der Waals surface area contributed by atoms with Crippen LogP contribution in [0.2, 0.25) is 0 Å². The van der Waals surface area contributed by atoms with E-state index in [4.69, 9.17) is 0 Å². The van der Waals surface area contributed by atoms with E-state index in [9.17, 15) is 13.2 Å². The Labute approximate surface area is 97.1 Å². The van der Waals surface area contributed by atoms with E-state index in [1.54, 1.807) is 11.6 Å². The zero-order valence-corrected chi connectivity index (χ0v) is 9.84. The molecule has 2 aromatic heterocycles. The number of halogens is 3. The molecule has 0 aromatic carbocycles. The topological polar surface area (TPSA) is 17.8 Å². The van der Waals surface area contributed by atoms with Crippen LogP contribution in [0.1, 0.15) is 31.2 Å². The Morgan fingerprint density at radius 2 is 1.88 bits per heavy atom. The summed E-state index contributed by atoms with van der Waals surface area (Å²) >= 11 is 0. The summed E-state index contributed by atoms with van der Waals surface area (Å²) in [5.41, 5.74) is 0.511. The third kappa shape index (κ3) is 2.01. The number of aryl methyl sites for hydroxylation is 1. The van der Waals surface area contributed by atoms with E-state index in [0.717, 1.165) is 17.1 Å². The molecule has 0 atom stereocenters. The van der Waals surface area contributed by atoms with E-state index in [0.29, 0.717) is 5.65 Å². The minimum Gasteiger partial charge on any atom is -0.332 e. The van der Waals surface area contributed by atoms with Gasteiger partial charge in [-0.05, 0) is 24.1 Å². The number of aromatic nitrogens is 2. The first-order valence-corrected chi connectivity index (χ1v) is 5.34. The largest absolute Gasteiger partial charge is 0.433 e. The van der Waals surface area contributed by atoms with Crippen molar-refractivity contribution in [2.24, 2.45) is 7.05 Å². The maximum atomic E-state index is 12.5. The van der Waals surface area contributed by atoms with Crippen LogP contribution in [-0.4, -0.2) is 9.55 Å². The average Bonchev–Trinajstić information content (AvgIpc) is 2.54. The van der Waals surface area contributed by atoms with Crippen LogP contribution in [0.4, 0.5) is 13.2 Å². The van der Waals surface area contributed by atoms with Gasteiger partial charge in [0.05, 0.1) is 0 Å². The Morgan fingerprint density at radius 1 is 1.24 bits per heavy atom. The predicted octanol–water partition coefficient (Wildman–Crippen LogP) is 3.72. The van der Waals surface area contributed by atoms with Crippen molar-refractivity contribution in [2.45, 2.75) is 25.9 Å². The number of alkyl halides is 3. The first kappa shape index (κ1) is 12.0. The van der Waals surface area contributed by atoms with Gasteiger partial charge in [-0.15, -0.1) is 0 Å². The van der Waals surface area contributed by atoms with Gasteiger partial charge in [-0.3, -0.25) is 0 Å². The van der Waals surface area contributed by atoms with Crippen LogP contribution >= 0.6 is 0 Å². The molecule has 0 aliphatic rings. The fourth-order valence-corrected chi connectivity index (χ4v) is 1.93. The van der Waals surface area contributed by atoms with Crippen LogP contribution in [-0.2, 0) is 13.2 Å². The van der Waals surface area contributed by atoms with Crippen molar-refractivity contribution in [2.75, 3.05) is 0 Å². The predicted molar refractivity (Wildman–Crippen MR) is 59.8 cm³/mol. The maximum Gasteiger partial charge on any atom is 0.433 e. The quantitative estimate of drug-likeness (QED) is 0.745. The van der Waals surface area contributed by atoms with Crippen LogP contribution < -0.4 is 0 Å². The highest BCUT2D eigenvalue weighted by atomic mass is 19.4. The van der Waals surface area contributed by atoms with Gasteiger partial charge >= 0.3 is 6.18 Å². The van der Waals surface area contributed by atoms with E-state index in [2.05, 4.69) is 4.98 Å². The zero-order chi connectivity index (χ0) is 12.8. The highest BCUT2D eigenvalue weighted by Gasteiger charge is 2.32. The molecule has 0 bridgehead atoms. The van der Waals surface area contributed by atoms with Gasteiger partial charge in [0.2, 0.25) is 0 Å². The summed E-state index contributed by atoms with van der Waals surface area (Å²) in [5.74, 6) is 0.253. The van der Waals surface area contributed by atoms with Crippen LogP contribution in [0.3, 0.4) is 0 Å². The molecule has 0 amide bonds. The standard InChI is InChI=1S/C12H13F3N2/c1-7(2)9-6-8-4-5-10(12(13,14)15)16-11(8)17(9)3/h4-7H,1-3H3. The molecule has 0 spiro atoms. The van der Waals surface area contributed by atoms with Gasteiger partial charge in [0, 0.05) is 18.1 Å². The minimum atomic E-state index is -4.39. The van der Waals surface area contributed by atoms with Crippen molar-refractivity contribution < 1.29 is 13.2 Å². The highest BCUT2D eigenvalue weighted by molar-refractivity contribution is 5.77. The zero-order valence-electron chi connectivity index (χ0n) is 9.84. The third-order valence-corrected chi connectivity index (χ3v) is 2.80. The lowest BCUT2D eigenvalue weighted by Gasteiger charge is -2.08. The molecule has 2 nitrogen and oxygen atoms in total. The fourth-order valence-electron chi connectivity index (χ4n) is 1.93. The summed E-state index contributed by atoms with van der Waals surface area (Å²) < 4.78 is 39.3. The van der Waals surface area contributed by atoms with Gasteiger partial charge in [-0.2, -0.15) is 13.2 Å². The van der Waals surface area contributed by atoms with Crippen molar-refractivity contribution in [1.82, 2.24) is 9.55 Å².